The Bertz CT molecular complexity index is 3970. The molecule has 1 saturated carbocycles. The van der Waals surface area contributed by atoms with Gasteiger partial charge in [-0.2, -0.15) is 0 Å². The number of hydrogen-bond donors (Lipinski definition) is 9. The zero-order valence-electron chi connectivity index (χ0n) is 57.3. The number of fused-ring (bicyclic) bond motifs is 2. The second-order valence-electron chi connectivity index (χ2n) is 26.4. The number of aliphatic hydroxyl groups is 5. The van der Waals surface area contributed by atoms with E-state index in [0.717, 1.165) is 0 Å². The Labute approximate surface area is 609 Å². The summed E-state index contributed by atoms with van der Waals surface area (Å²) in [6.45, 7) is -2.34. The summed E-state index contributed by atoms with van der Waals surface area (Å²) >= 11 is 0. The van der Waals surface area contributed by atoms with E-state index in [0.29, 0.717) is 38.9 Å². The summed E-state index contributed by atoms with van der Waals surface area (Å²) < 4.78 is 81.8. The van der Waals surface area contributed by atoms with E-state index in [9.17, 15) is 49.5 Å². The molecule has 0 spiro atoms. The third-order valence-electron chi connectivity index (χ3n) is 19.2. The first-order chi connectivity index (χ1) is 51.6. The van der Waals surface area contributed by atoms with Crippen LogP contribution in [0.2, 0.25) is 0 Å². The molecule has 560 valence electrons. The number of rotatable bonds is 22. The minimum atomic E-state index is -1.99. The van der Waals surface area contributed by atoms with Gasteiger partial charge in [-0.25, -0.2) is 24.0 Å². The minimum Gasteiger partial charge on any atom is -0.445 e. The average Bonchev–Trinajstić information content (AvgIpc) is 0.899. The molecule has 0 bridgehead atoms. The first kappa shape index (κ1) is 74.6. The maximum atomic E-state index is 14.4. The molecule has 5 saturated heterocycles. The Balaban J connectivity index is 0.801. The fraction of sp³-hybridized carbons (Fsp3) is 0.390. The van der Waals surface area contributed by atoms with E-state index in [4.69, 9.17) is 67.3 Å². The van der Waals surface area contributed by atoms with Gasteiger partial charge < -0.3 is 109 Å². The van der Waals surface area contributed by atoms with E-state index < -0.39 is 166 Å². The van der Waals surface area contributed by atoms with Gasteiger partial charge in [0.05, 0.1) is 31.8 Å². The van der Waals surface area contributed by atoms with Crippen LogP contribution in [0.1, 0.15) is 57.8 Å². The minimum absolute atomic E-state index is 0.111. The van der Waals surface area contributed by atoms with Crippen LogP contribution >= 0.6 is 0 Å². The fourth-order valence-corrected chi connectivity index (χ4v) is 13.8. The molecule has 6 aliphatic rings. The number of alkyl carbamates (subject to hydrolysis) is 3. The molecule has 7 aromatic carbocycles. The number of nitrogens with two attached hydrogens (primary N) is 1. The maximum Gasteiger partial charge on any atom is 0.412 e. The zero-order chi connectivity index (χ0) is 73.6. The standard InChI is InChI=1S/C77H84N6O23/c78-52-36-53(79-73(89)94-40-45-22-8-1-9-23-45)63(104-70-57(80-74(90)95-41-46-24-10-2-11-25-46)60(86)64-54(99-70)37-82(68(102-64)50-32-18-6-19-33-50)76(92)97-43-48-28-14-4-15-29-48)67(59(52)85)106-72-62(88)66(56(39-84)101-72)105-71-58(81-75(91)96-42-47-26-12-3-13-27-47)61(87)65-55(100-71)38-83(69(103-65)51-34-20-7-21-35-51)77(93)98-44-49-30-16-5-17-31-49/h1-35,52-72,84-88H,36-44,78H2,(H,79,89)(H,80,90)(H,81,91)/t52-,53+,54-,55+,56-,57-,58-,59+,60+,61-,62-,63-,64-,65-,66-,67-,68?,69?,70-,71-,72+/m1/s1. The topological polar surface area (TPSA) is 375 Å². The molecule has 5 aliphatic heterocycles. The first-order valence-electron chi connectivity index (χ1n) is 34.9. The van der Waals surface area contributed by atoms with Crippen molar-refractivity contribution < 1.29 is 111 Å². The van der Waals surface area contributed by atoms with Crippen molar-refractivity contribution in [2.24, 2.45) is 5.73 Å². The first-order valence-corrected chi connectivity index (χ1v) is 34.9. The number of nitrogens with zero attached hydrogens (tertiary/aromatic N) is 2. The van der Waals surface area contributed by atoms with E-state index in [2.05, 4.69) is 16.0 Å². The summed E-state index contributed by atoms with van der Waals surface area (Å²) in [4.78, 5) is 73.4. The molecule has 5 amide bonds. The quantitative estimate of drug-likeness (QED) is 0.0360. The van der Waals surface area contributed by atoms with Gasteiger partial charge in [-0.3, -0.25) is 9.80 Å². The molecule has 0 aromatic heterocycles. The summed E-state index contributed by atoms with van der Waals surface area (Å²) in [5.74, 6) is 0. The lowest BCUT2D eigenvalue weighted by Gasteiger charge is -2.52. The average molecular weight is 1460 g/mol. The molecule has 13 rings (SSSR count). The molecular weight excluding hydrogens is 1380 g/mol. The number of amides is 5. The molecule has 29 heteroatoms. The Hall–Kier alpha value is -9.67. The Morgan fingerprint density at radius 2 is 0.736 bits per heavy atom. The molecule has 2 unspecified atom stereocenters. The number of hydrogen-bond acceptors (Lipinski definition) is 24. The molecule has 7 aromatic rings. The van der Waals surface area contributed by atoms with Crippen molar-refractivity contribution >= 4 is 30.5 Å². The second kappa shape index (κ2) is 35.2. The van der Waals surface area contributed by atoms with Crippen LogP contribution in [0.3, 0.4) is 0 Å². The Morgan fingerprint density at radius 3 is 1.11 bits per heavy atom. The molecule has 5 heterocycles. The normalized spacial score (nSPS) is 30.5. The largest absolute Gasteiger partial charge is 0.445 e. The molecular formula is C77H84N6O23. The zero-order valence-corrected chi connectivity index (χ0v) is 57.3. The predicted molar refractivity (Wildman–Crippen MR) is 370 cm³/mol. The van der Waals surface area contributed by atoms with Gasteiger partial charge in [0.1, 0.15) is 112 Å². The highest BCUT2D eigenvalue weighted by molar-refractivity contribution is 5.70. The molecule has 106 heavy (non-hydrogen) atoms. The molecule has 10 N–H and O–H groups in total. The number of ether oxygens (including phenoxy) is 13. The predicted octanol–water partition coefficient (Wildman–Crippen LogP) is 5.84. The van der Waals surface area contributed by atoms with Crippen LogP contribution in [0, 0.1) is 0 Å². The number of nitrogens with one attached hydrogen (secondary N) is 3. The van der Waals surface area contributed by atoms with E-state index >= 15 is 0 Å². The van der Waals surface area contributed by atoms with Gasteiger partial charge in [0.25, 0.3) is 0 Å². The van der Waals surface area contributed by atoms with E-state index in [1.807, 2.05) is 12.1 Å². The molecule has 6 fully saturated rings. The maximum absolute atomic E-state index is 14.4. The molecule has 1 aliphatic carbocycles. The monoisotopic (exact) mass is 1460 g/mol. The summed E-state index contributed by atoms with van der Waals surface area (Å²) in [5.41, 5.74) is 11.0. The lowest BCUT2D eigenvalue weighted by molar-refractivity contribution is -0.335. The van der Waals surface area contributed by atoms with Crippen LogP contribution in [-0.4, -0.2) is 202 Å². The van der Waals surface area contributed by atoms with Crippen molar-refractivity contribution in [2.45, 2.75) is 168 Å². The Morgan fingerprint density at radius 1 is 0.396 bits per heavy atom. The van der Waals surface area contributed by atoms with Crippen molar-refractivity contribution in [3.8, 4) is 0 Å². The van der Waals surface area contributed by atoms with Crippen LogP contribution in [0.25, 0.3) is 0 Å². The van der Waals surface area contributed by atoms with E-state index in [-0.39, 0.29) is 52.5 Å². The van der Waals surface area contributed by atoms with Crippen molar-refractivity contribution in [3.63, 3.8) is 0 Å². The third kappa shape index (κ3) is 18.1. The number of aliphatic hydroxyl groups excluding tert-OH is 5. The van der Waals surface area contributed by atoms with Crippen molar-refractivity contribution in [3.05, 3.63) is 251 Å². The SMILES string of the molecule is N[C@@H]1C[C@H](NC(=O)OCc2ccccc2)[C@@H](O[C@H]2O[C@@H]3CN(C(=O)OCc4ccccc4)C(c4ccccc4)O[C@H]3[C@@H](O)[C@H]2NC(=O)OCc2ccccc2)[C@H](O[C@@H]2O[C@H](CO)[C@@H](O[C@H]3O[C@H]4CN(C(=O)OCc5ccccc5)C(c5ccccc5)O[C@H]4[C@H](O)[C@H]3NC(=O)OCc3ccccc3)[C@H]2O)[C@H]1O. The summed E-state index contributed by atoms with van der Waals surface area (Å²) in [7, 11) is 0. The van der Waals surface area contributed by atoms with Gasteiger partial charge in [0, 0.05) is 17.2 Å². The highest BCUT2D eigenvalue weighted by Gasteiger charge is 2.59. The van der Waals surface area contributed by atoms with Crippen molar-refractivity contribution in [1.29, 1.82) is 0 Å². The third-order valence-corrected chi connectivity index (χ3v) is 19.2. The van der Waals surface area contributed by atoms with Gasteiger partial charge in [0.2, 0.25) is 0 Å². The van der Waals surface area contributed by atoms with Crippen LogP contribution < -0.4 is 21.7 Å². The van der Waals surface area contributed by atoms with Crippen LogP contribution in [0.4, 0.5) is 24.0 Å². The number of benzene rings is 7. The van der Waals surface area contributed by atoms with Gasteiger partial charge in [-0.05, 0) is 34.2 Å². The van der Waals surface area contributed by atoms with Crippen LogP contribution in [0.5, 0.6) is 0 Å². The Kier molecular flexibility index (Phi) is 24.7. The van der Waals surface area contributed by atoms with Crippen LogP contribution in [0.15, 0.2) is 212 Å². The smallest absolute Gasteiger partial charge is 0.412 e. The lowest BCUT2D eigenvalue weighted by Crippen LogP contribution is -2.71. The highest BCUT2D eigenvalue weighted by Crippen LogP contribution is 2.42. The van der Waals surface area contributed by atoms with Gasteiger partial charge in [-0.1, -0.05) is 212 Å². The molecule has 29 nitrogen and oxygen atoms in total. The summed E-state index contributed by atoms with van der Waals surface area (Å²) in [6, 6.07) is 55.8. The van der Waals surface area contributed by atoms with E-state index in [1.165, 1.54) is 9.80 Å². The molecule has 21 atom stereocenters. The lowest BCUT2D eigenvalue weighted by atomic mass is 9.83. The van der Waals surface area contributed by atoms with Crippen molar-refractivity contribution in [1.82, 2.24) is 25.8 Å². The van der Waals surface area contributed by atoms with Crippen molar-refractivity contribution in [2.75, 3.05) is 19.7 Å². The van der Waals surface area contributed by atoms with Crippen LogP contribution in [-0.2, 0) is 94.6 Å². The second-order valence-corrected chi connectivity index (χ2v) is 26.4. The molecule has 0 radical (unpaired) electrons. The number of carbonyl (C=O) groups is 5. The number of carbonyl (C=O) groups excluding carboxylic acids is 5. The highest BCUT2D eigenvalue weighted by atomic mass is 16.8. The van der Waals surface area contributed by atoms with E-state index in [1.54, 1.807) is 200 Å². The fourth-order valence-electron chi connectivity index (χ4n) is 13.8. The summed E-state index contributed by atoms with van der Waals surface area (Å²) in [5, 5.41) is 69.8. The van der Waals surface area contributed by atoms with Gasteiger partial charge in [0.15, 0.2) is 31.3 Å². The van der Waals surface area contributed by atoms with Gasteiger partial charge >= 0.3 is 30.5 Å². The summed E-state index contributed by atoms with van der Waals surface area (Å²) in [6.07, 6.45) is -32.0. The van der Waals surface area contributed by atoms with Gasteiger partial charge in [-0.15, -0.1) is 0 Å².